The number of likely N-dealkylation sites (N-methyl/N-ethyl adjacent to an activating group) is 1. The smallest absolute Gasteiger partial charge is 0.379 e. The van der Waals surface area contributed by atoms with Gasteiger partial charge in [0.1, 0.15) is 19.3 Å². The van der Waals surface area contributed by atoms with E-state index in [-0.39, 0.29) is 19.0 Å². The number of ether oxygens (including phenoxy) is 1. The zero-order chi connectivity index (χ0) is 29.5. The number of quaternary nitrogens is 1. The maximum absolute atomic E-state index is 12.1. The number of phosphoric ester groups is 1. The summed E-state index contributed by atoms with van der Waals surface area (Å²) in [7, 11) is -2.30. The highest BCUT2D eigenvalue weighted by Crippen LogP contribution is 2.43. The van der Waals surface area contributed by atoms with Crippen molar-refractivity contribution in [1.29, 1.82) is 0 Å². The molecule has 0 amide bonds. The Kier molecular flexibility index (Phi) is 23.5. The van der Waals surface area contributed by atoms with Crippen molar-refractivity contribution in [3.63, 3.8) is 0 Å². The minimum absolute atomic E-state index is 0.0335. The molecule has 0 aromatic carbocycles. The predicted molar refractivity (Wildman–Crippen MR) is 159 cm³/mol. The largest absolute Gasteiger partial charge is 0.472 e. The summed E-state index contributed by atoms with van der Waals surface area (Å²) >= 11 is 0. The molecule has 0 radical (unpaired) electrons. The van der Waals surface area contributed by atoms with Crippen LogP contribution in [0.5, 0.6) is 0 Å². The van der Waals surface area contributed by atoms with E-state index < -0.39 is 30.7 Å². The van der Waals surface area contributed by atoms with Crippen molar-refractivity contribution in [3.05, 3.63) is 0 Å². The summed E-state index contributed by atoms with van der Waals surface area (Å²) in [4.78, 5) is 9.90. The van der Waals surface area contributed by atoms with Gasteiger partial charge in [-0.15, -0.1) is 0 Å². The fourth-order valence-corrected chi connectivity index (χ4v) is 5.39. The molecule has 236 valence electrons. The van der Waals surface area contributed by atoms with Crippen molar-refractivity contribution in [3.8, 4) is 0 Å². The SMILES string of the molecule is CCCCCCCCCCCCCCCCCCOCC(COP(=O)(O)OCC[N+](C)(C)C)OS(=O)(=O)CC. The molecule has 0 saturated carbocycles. The molecule has 0 aliphatic carbocycles. The molecule has 2 atom stereocenters. The van der Waals surface area contributed by atoms with Crippen LogP contribution < -0.4 is 0 Å². The summed E-state index contributed by atoms with van der Waals surface area (Å²) in [5.74, 6) is -0.209. The van der Waals surface area contributed by atoms with E-state index in [1.54, 1.807) is 0 Å². The predicted octanol–water partition coefficient (Wildman–Crippen LogP) is 6.84. The van der Waals surface area contributed by atoms with E-state index in [0.29, 0.717) is 17.6 Å². The van der Waals surface area contributed by atoms with Gasteiger partial charge in [0, 0.05) is 6.61 Å². The Hall–Kier alpha value is -0.0600. The molecule has 0 saturated heterocycles. The molecule has 0 aromatic rings. The lowest BCUT2D eigenvalue weighted by atomic mass is 10.0. The molecule has 0 aromatic heterocycles. The van der Waals surface area contributed by atoms with Gasteiger partial charge in [-0.2, -0.15) is 8.42 Å². The van der Waals surface area contributed by atoms with Gasteiger partial charge in [-0.05, 0) is 13.3 Å². The first-order valence-electron chi connectivity index (χ1n) is 15.3. The highest BCUT2D eigenvalue weighted by atomic mass is 32.2. The topological polar surface area (TPSA) is 108 Å². The van der Waals surface area contributed by atoms with Gasteiger partial charge in [0.25, 0.3) is 10.1 Å². The Bertz CT molecular complexity index is 715. The number of nitrogens with zero attached hydrogens (tertiary/aromatic N) is 1. The van der Waals surface area contributed by atoms with Gasteiger partial charge in [0.15, 0.2) is 0 Å². The Labute approximate surface area is 240 Å². The fraction of sp³-hybridized carbons (Fsp3) is 1.00. The number of unbranched alkanes of at least 4 members (excludes halogenated alkanes) is 15. The van der Waals surface area contributed by atoms with E-state index >= 15 is 0 Å². The summed E-state index contributed by atoms with van der Waals surface area (Å²) in [5.41, 5.74) is 0. The molecule has 39 heavy (non-hydrogen) atoms. The van der Waals surface area contributed by atoms with Gasteiger partial charge < -0.3 is 14.1 Å². The molecular formula is C28H61NO8PS+. The van der Waals surface area contributed by atoms with Gasteiger partial charge in [-0.1, -0.05) is 103 Å². The Morgan fingerprint density at radius 1 is 0.692 bits per heavy atom. The lowest BCUT2D eigenvalue weighted by Crippen LogP contribution is -2.37. The van der Waals surface area contributed by atoms with Crippen LogP contribution in [0.2, 0.25) is 0 Å². The summed E-state index contributed by atoms with van der Waals surface area (Å²) in [6.45, 7) is 4.29. The summed E-state index contributed by atoms with van der Waals surface area (Å²) in [6.07, 6.45) is 19.7. The van der Waals surface area contributed by atoms with E-state index in [9.17, 15) is 17.9 Å². The lowest BCUT2D eigenvalue weighted by Gasteiger charge is -2.24. The van der Waals surface area contributed by atoms with Crippen LogP contribution in [-0.4, -0.2) is 83.8 Å². The number of rotatable bonds is 29. The number of hydrogen-bond acceptors (Lipinski definition) is 7. The number of hydrogen-bond donors (Lipinski definition) is 1. The summed E-state index contributed by atoms with van der Waals surface area (Å²) in [6, 6.07) is 0. The van der Waals surface area contributed by atoms with Gasteiger partial charge >= 0.3 is 7.82 Å². The van der Waals surface area contributed by atoms with Gasteiger partial charge in [0.2, 0.25) is 0 Å². The van der Waals surface area contributed by atoms with Crippen molar-refractivity contribution in [1.82, 2.24) is 0 Å². The zero-order valence-corrected chi connectivity index (χ0v) is 27.5. The quantitative estimate of drug-likeness (QED) is 0.0429. The monoisotopic (exact) mass is 602 g/mol. The zero-order valence-electron chi connectivity index (χ0n) is 25.7. The molecule has 9 nitrogen and oxygen atoms in total. The van der Waals surface area contributed by atoms with Gasteiger partial charge in [-0.25, -0.2) is 4.57 Å². The minimum atomic E-state index is -4.33. The average Bonchev–Trinajstić information content (AvgIpc) is 2.85. The number of phosphoric acid groups is 1. The normalized spacial score (nSPS) is 14.9. The second-order valence-corrected chi connectivity index (χ2v) is 14.9. The Morgan fingerprint density at radius 2 is 1.15 bits per heavy atom. The van der Waals surface area contributed by atoms with E-state index in [0.717, 1.165) is 19.3 Å². The molecule has 0 aliphatic rings. The third-order valence-electron chi connectivity index (χ3n) is 6.52. The maximum Gasteiger partial charge on any atom is 0.472 e. The third-order valence-corrected chi connectivity index (χ3v) is 8.78. The molecule has 0 heterocycles. The van der Waals surface area contributed by atoms with E-state index in [4.69, 9.17) is 18.0 Å². The fourth-order valence-electron chi connectivity index (χ4n) is 3.99. The minimum Gasteiger partial charge on any atom is -0.379 e. The Morgan fingerprint density at radius 3 is 1.59 bits per heavy atom. The molecule has 0 bridgehead atoms. The first-order chi connectivity index (χ1) is 18.4. The lowest BCUT2D eigenvalue weighted by molar-refractivity contribution is -0.870. The second kappa shape index (κ2) is 23.5. The van der Waals surface area contributed by atoms with Crippen LogP contribution in [0.25, 0.3) is 0 Å². The highest BCUT2D eigenvalue weighted by Gasteiger charge is 2.27. The van der Waals surface area contributed by atoms with Crippen LogP contribution >= 0.6 is 7.82 Å². The van der Waals surface area contributed by atoms with Crippen molar-refractivity contribution in [2.45, 2.75) is 123 Å². The van der Waals surface area contributed by atoms with Crippen LogP contribution in [0.15, 0.2) is 0 Å². The summed E-state index contributed by atoms with van der Waals surface area (Å²) in [5, 5.41) is 0. The van der Waals surface area contributed by atoms with E-state index in [2.05, 4.69) is 6.92 Å². The van der Waals surface area contributed by atoms with E-state index in [1.807, 2.05) is 21.1 Å². The van der Waals surface area contributed by atoms with Crippen molar-refractivity contribution in [2.24, 2.45) is 0 Å². The first-order valence-corrected chi connectivity index (χ1v) is 18.4. The summed E-state index contributed by atoms with van der Waals surface area (Å²) < 4.78 is 57.2. The molecule has 0 fully saturated rings. The maximum atomic E-state index is 12.1. The average molecular weight is 603 g/mol. The molecule has 1 N–H and O–H groups in total. The molecule has 0 rings (SSSR count). The highest BCUT2D eigenvalue weighted by molar-refractivity contribution is 7.86. The van der Waals surface area contributed by atoms with Gasteiger partial charge in [0.05, 0.1) is 40.1 Å². The molecule has 0 aliphatic heterocycles. The van der Waals surface area contributed by atoms with Crippen LogP contribution in [0.4, 0.5) is 0 Å². The third kappa shape index (κ3) is 27.9. The van der Waals surface area contributed by atoms with Crippen molar-refractivity contribution < 1.29 is 40.3 Å². The second-order valence-electron chi connectivity index (χ2n) is 11.6. The van der Waals surface area contributed by atoms with Crippen molar-refractivity contribution >= 4 is 17.9 Å². The molecule has 2 unspecified atom stereocenters. The first kappa shape index (κ1) is 38.9. The molecule has 11 heteroatoms. The van der Waals surface area contributed by atoms with Gasteiger partial charge in [-0.3, -0.25) is 13.2 Å². The standard InChI is InChI=1S/C28H60NO8PS/c1-6-8-9-10-11-12-13-14-15-16-17-18-19-20-21-22-24-34-26-28(37-39(32,33)7-2)27-36-38(30,31)35-25-23-29(3,4)5/h28H,6-27H2,1-5H3/p+1. The van der Waals surface area contributed by atoms with E-state index in [1.165, 1.54) is 90.4 Å². The van der Waals surface area contributed by atoms with Crippen LogP contribution in [-0.2, 0) is 32.7 Å². The van der Waals surface area contributed by atoms with Crippen LogP contribution in [0.1, 0.15) is 117 Å². The van der Waals surface area contributed by atoms with Crippen LogP contribution in [0.3, 0.4) is 0 Å². The molecular weight excluding hydrogens is 541 g/mol. The van der Waals surface area contributed by atoms with Crippen molar-refractivity contribution in [2.75, 3.05) is 59.9 Å². The Balaban J connectivity index is 3.93. The van der Waals surface area contributed by atoms with Crippen LogP contribution in [0, 0.1) is 0 Å². The molecule has 0 spiro atoms.